The average molecular weight is 611 g/mol. The average Bonchev–Trinajstić information content (AvgIpc) is 2.97. The van der Waals surface area contributed by atoms with Gasteiger partial charge in [0.2, 0.25) is 12.0 Å². The molecule has 3 heterocycles. The summed E-state index contributed by atoms with van der Waals surface area (Å²) in [5.74, 6) is -3.45. The number of aliphatic hydroxyl groups excluding tert-OH is 6. The zero-order valence-electron chi connectivity index (χ0n) is 22.3. The maximum Gasteiger partial charge on any atom is 0.229 e. The van der Waals surface area contributed by atoms with Gasteiger partial charge in [0.25, 0.3) is 0 Å². The molecular weight excluding hydrogens is 580 g/mol. The lowest BCUT2D eigenvalue weighted by atomic mass is 9.98. The van der Waals surface area contributed by atoms with E-state index >= 15 is 0 Å². The zero-order chi connectivity index (χ0) is 31.3. The van der Waals surface area contributed by atoms with E-state index < -0.39 is 108 Å². The second kappa shape index (κ2) is 11.8. The standard InChI is InChI=1S/C27H30O16/c1-8-18(31)22(35)24(37)26(40-8)39-7-16-20(33)23(36)25(38)27(43-16)42-15-6-14-17(21(34)19(15)32)12(30)5-13(41-14)9-2-3-10(28)11(29)4-9/h2-6,8,16,18,20,22-29,31-38H,7H2,1H3/t8?,16?,18-,20+,22-,23-,24?,25?,26+,27+/m0/s1. The van der Waals surface area contributed by atoms with Crippen molar-refractivity contribution in [3.63, 3.8) is 0 Å². The number of hydrogen-bond donors (Lipinski definition) is 10. The van der Waals surface area contributed by atoms with Crippen molar-refractivity contribution in [2.75, 3.05) is 6.61 Å². The van der Waals surface area contributed by atoms with Gasteiger partial charge < -0.3 is 74.4 Å². The number of fused-ring (bicyclic) bond motifs is 1. The van der Waals surface area contributed by atoms with Crippen molar-refractivity contribution >= 4 is 11.0 Å². The molecule has 2 aliphatic heterocycles. The van der Waals surface area contributed by atoms with Crippen LogP contribution in [0.2, 0.25) is 0 Å². The van der Waals surface area contributed by atoms with E-state index in [0.29, 0.717) is 0 Å². The van der Waals surface area contributed by atoms with E-state index in [1.807, 2.05) is 0 Å². The van der Waals surface area contributed by atoms with Gasteiger partial charge in [-0.05, 0) is 25.1 Å². The number of phenols is 4. The predicted molar refractivity (Wildman–Crippen MR) is 140 cm³/mol. The van der Waals surface area contributed by atoms with E-state index in [-0.39, 0.29) is 16.9 Å². The van der Waals surface area contributed by atoms with Gasteiger partial charge in [-0.1, -0.05) is 0 Å². The molecule has 0 bridgehead atoms. The van der Waals surface area contributed by atoms with Gasteiger partial charge in [-0.15, -0.1) is 0 Å². The summed E-state index contributed by atoms with van der Waals surface area (Å²) in [7, 11) is 0. The Bertz CT molecular complexity index is 1540. The molecule has 2 fully saturated rings. The van der Waals surface area contributed by atoms with Crippen molar-refractivity contribution < 1.29 is 74.4 Å². The van der Waals surface area contributed by atoms with Gasteiger partial charge in [0.1, 0.15) is 59.5 Å². The van der Waals surface area contributed by atoms with Gasteiger partial charge in [0, 0.05) is 17.7 Å². The van der Waals surface area contributed by atoms with Crippen molar-refractivity contribution in [2.24, 2.45) is 0 Å². The monoisotopic (exact) mass is 610 g/mol. The highest BCUT2D eigenvalue weighted by Crippen LogP contribution is 2.43. The summed E-state index contributed by atoms with van der Waals surface area (Å²) in [6.45, 7) is 0.853. The fourth-order valence-electron chi connectivity index (χ4n) is 4.80. The number of hydrogen-bond acceptors (Lipinski definition) is 16. The first-order chi connectivity index (χ1) is 20.3. The number of aromatic hydroxyl groups is 4. The molecule has 234 valence electrons. The SMILES string of the molecule is CC1O[C@@H](OCC2O[C@@H](Oc3cc4oc(-c5ccc(O)c(O)c5)cc(=O)c4c(O)c3O)C(O)[C@@H](O)[C@@H]2O)C(O)[C@@H](O)[C@H]1O. The summed E-state index contributed by atoms with van der Waals surface area (Å²) in [5, 5.41) is 101. The first-order valence-corrected chi connectivity index (χ1v) is 13.0. The second-order valence-corrected chi connectivity index (χ2v) is 10.3. The fraction of sp³-hybridized carbons (Fsp3) is 0.444. The van der Waals surface area contributed by atoms with Gasteiger partial charge in [-0.2, -0.15) is 0 Å². The maximum absolute atomic E-state index is 12.8. The zero-order valence-corrected chi connectivity index (χ0v) is 22.3. The quantitative estimate of drug-likeness (QED) is 0.140. The van der Waals surface area contributed by atoms with Crippen LogP contribution < -0.4 is 10.2 Å². The van der Waals surface area contributed by atoms with Crippen LogP contribution >= 0.6 is 0 Å². The molecule has 0 aliphatic carbocycles. The van der Waals surface area contributed by atoms with Gasteiger partial charge in [0.05, 0.1) is 12.7 Å². The fourth-order valence-corrected chi connectivity index (χ4v) is 4.80. The van der Waals surface area contributed by atoms with Crippen LogP contribution in [0.5, 0.6) is 28.7 Å². The first-order valence-electron chi connectivity index (χ1n) is 13.0. The number of phenolic OH excluding ortho intramolecular Hbond substituents is 4. The Labute approximate surface area is 241 Å². The highest BCUT2D eigenvalue weighted by molar-refractivity contribution is 5.89. The summed E-state index contributed by atoms with van der Waals surface area (Å²) < 4.78 is 27.5. The van der Waals surface area contributed by atoms with Crippen molar-refractivity contribution in [3.05, 3.63) is 40.6 Å². The van der Waals surface area contributed by atoms with Gasteiger partial charge in [-0.3, -0.25) is 4.79 Å². The number of benzene rings is 2. The Morgan fingerprint density at radius 1 is 0.744 bits per heavy atom. The Balaban J connectivity index is 1.40. The normalized spacial score (nSPS) is 33.0. The van der Waals surface area contributed by atoms with E-state index in [2.05, 4.69) is 0 Å². The van der Waals surface area contributed by atoms with Crippen molar-refractivity contribution in [1.29, 1.82) is 0 Å². The Hall–Kier alpha value is -3.71. The molecule has 4 unspecified atom stereocenters. The highest BCUT2D eigenvalue weighted by atomic mass is 16.7. The summed E-state index contributed by atoms with van der Waals surface area (Å²) in [6, 6.07) is 5.61. The molecule has 16 nitrogen and oxygen atoms in total. The molecule has 43 heavy (non-hydrogen) atoms. The molecule has 16 heteroatoms. The molecule has 1 aromatic heterocycles. The Morgan fingerprint density at radius 2 is 1.42 bits per heavy atom. The van der Waals surface area contributed by atoms with Crippen LogP contribution in [-0.2, 0) is 14.2 Å². The second-order valence-electron chi connectivity index (χ2n) is 10.3. The molecule has 10 N–H and O–H groups in total. The Kier molecular flexibility index (Phi) is 8.41. The minimum absolute atomic E-state index is 0.0902. The molecule has 2 aliphatic rings. The molecule has 3 aromatic rings. The van der Waals surface area contributed by atoms with Crippen molar-refractivity contribution in [2.45, 2.75) is 68.3 Å². The first kappa shape index (κ1) is 30.7. The minimum atomic E-state index is -1.91. The lowest BCUT2D eigenvalue weighted by molar-refractivity contribution is -0.318. The molecule has 0 spiro atoms. The summed E-state index contributed by atoms with van der Waals surface area (Å²) in [5.41, 5.74) is -0.907. The van der Waals surface area contributed by atoms with Crippen molar-refractivity contribution in [3.8, 4) is 40.1 Å². The van der Waals surface area contributed by atoms with Crippen molar-refractivity contribution in [1.82, 2.24) is 0 Å². The Morgan fingerprint density at radius 3 is 2.12 bits per heavy atom. The van der Waals surface area contributed by atoms with Gasteiger partial charge in [-0.25, -0.2) is 0 Å². The molecule has 5 rings (SSSR count). The number of rotatable bonds is 6. The van der Waals surface area contributed by atoms with Crippen LogP contribution in [0, 0.1) is 0 Å². The van der Waals surface area contributed by atoms with E-state index in [0.717, 1.165) is 24.3 Å². The van der Waals surface area contributed by atoms with E-state index in [4.69, 9.17) is 23.4 Å². The maximum atomic E-state index is 12.8. The summed E-state index contributed by atoms with van der Waals surface area (Å²) in [6.07, 6.45) is -15.8. The van der Waals surface area contributed by atoms with E-state index in [9.17, 15) is 55.9 Å². The van der Waals surface area contributed by atoms with Crippen LogP contribution in [-0.4, -0.2) is 119 Å². The van der Waals surface area contributed by atoms with Crippen LogP contribution in [0.4, 0.5) is 0 Å². The smallest absolute Gasteiger partial charge is 0.229 e. The third kappa shape index (κ3) is 5.67. The molecule has 10 atom stereocenters. The lowest BCUT2D eigenvalue weighted by Gasteiger charge is -2.42. The minimum Gasteiger partial charge on any atom is -0.504 e. The molecule has 0 saturated carbocycles. The molecular formula is C27H30O16. The van der Waals surface area contributed by atoms with E-state index in [1.54, 1.807) is 0 Å². The van der Waals surface area contributed by atoms with Gasteiger partial charge in [0.15, 0.2) is 34.7 Å². The third-order valence-corrected chi connectivity index (χ3v) is 7.34. The predicted octanol–water partition coefficient (Wildman–Crippen LogP) is -1.69. The van der Waals surface area contributed by atoms with Crippen LogP contribution in [0.25, 0.3) is 22.3 Å². The molecule has 2 aromatic carbocycles. The molecule has 0 radical (unpaired) electrons. The molecule has 0 amide bonds. The highest BCUT2D eigenvalue weighted by Gasteiger charge is 2.47. The molecule has 2 saturated heterocycles. The number of aliphatic hydroxyl groups is 6. The van der Waals surface area contributed by atoms with E-state index in [1.165, 1.54) is 13.0 Å². The number of ether oxygens (including phenoxy) is 4. The van der Waals surface area contributed by atoms with Crippen LogP contribution in [0.15, 0.2) is 39.5 Å². The topological polar surface area (TPSA) is 269 Å². The largest absolute Gasteiger partial charge is 0.504 e. The van der Waals surface area contributed by atoms with Crippen LogP contribution in [0.3, 0.4) is 0 Å². The third-order valence-electron chi connectivity index (χ3n) is 7.34. The summed E-state index contributed by atoms with van der Waals surface area (Å²) in [4.78, 5) is 12.8. The lowest BCUT2D eigenvalue weighted by Crippen LogP contribution is -2.61. The van der Waals surface area contributed by atoms with Gasteiger partial charge >= 0.3 is 0 Å². The van der Waals surface area contributed by atoms with Crippen LogP contribution in [0.1, 0.15) is 6.92 Å². The summed E-state index contributed by atoms with van der Waals surface area (Å²) >= 11 is 0.